The predicted octanol–water partition coefficient (Wildman–Crippen LogP) is 9.50. The predicted molar refractivity (Wildman–Crippen MR) is 136 cm³/mol. The van der Waals surface area contributed by atoms with E-state index in [0.29, 0.717) is 16.5 Å². The lowest BCUT2D eigenvalue weighted by atomic mass is 9.77. The number of fused-ring (bicyclic) bond motifs is 1. The summed E-state index contributed by atoms with van der Waals surface area (Å²) in [6, 6.07) is 11.6. The van der Waals surface area contributed by atoms with E-state index in [1.165, 1.54) is 63.4 Å². The van der Waals surface area contributed by atoms with Crippen LogP contribution in [0.2, 0.25) is 0 Å². The van der Waals surface area contributed by atoms with Gasteiger partial charge in [-0.3, -0.25) is 0 Å². The number of halogens is 4. The topological polar surface area (TPSA) is 0 Å². The first-order chi connectivity index (χ1) is 16.9. The van der Waals surface area contributed by atoms with Gasteiger partial charge in [0.2, 0.25) is 0 Å². The zero-order valence-corrected chi connectivity index (χ0v) is 20.7. The maximum atomic E-state index is 15.1. The summed E-state index contributed by atoms with van der Waals surface area (Å²) >= 11 is 0. The van der Waals surface area contributed by atoms with Crippen LogP contribution in [0.15, 0.2) is 42.5 Å². The Morgan fingerprint density at radius 2 is 1.34 bits per heavy atom. The third-order valence-electron chi connectivity index (χ3n) is 7.85. The Balaban J connectivity index is 1.32. The highest BCUT2D eigenvalue weighted by Crippen LogP contribution is 2.34. The van der Waals surface area contributed by atoms with Crippen LogP contribution in [0.25, 0.3) is 10.8 Å². The van der Waals surface area contributed by atoms with Gasteiger partial charge in [0.05, 0.1) is 0 Å². The Labute approximate surface area is 206 Å². The molecule has 0 radical (unpaired) electrons. The molecule has 0 heterocycles. The molecular formula is C31H36F4. The van der Waals surface area contributed by atoms with Gasteiger partial charge in [-0.15, -0.1) is 0 Å². The van der Waals surface area contributed by atoms with Crippen LogP contribution in [-0.2, 0) is 19.3 Å². The SMILES string of the molecule is CCCCCC1CCC(CCc2ccc3c(F)c(CCc4cc(F)c(F)c(F)c4)ccc3c2)CC1. The monoisotopic (exact) mass is 484 g/mol. The molecule has 1 fully saturated rings. The van der Waals surface area contributed by atoms with Crippen molar-refractivity contribution in [2.45, 2.75) is 84.0 Å². The van der Waals surface area contributed by atoms with Crippen molar-refractivity contribution < 1.29 is 17.6 Å². The third kappa shape index (κ3) is 6.65. The van der Waals surface area contributed by atoms with Crippen molar-refractivity contribution in [3.8, 4) is 0 Å². The van der Waals surface area contributed by atoms with Crippen molar-refractivity contribution in [2.24, 2.45) is 11.8 Å². The Morgan fingerprint density at radius 1 is 0.657 bits per heavy atom. The van der Waals surface area contributed by atoms with E-state index in [4.69, 9.17) is 0 Å². The van der Waals surface area contributed by atoms with Crippen molar-refractivity contribution in [2.75, 3.05) is 0 Å². The van der Waals surface area contributed by atoms with Crippen LogP contribution < -0.4 is 0 Å². The average molecular weight is 485 g/mol. The summed E-state index contributed by atoms with van der Waals surface area (Å²) in [6.45, 7) is 2.26. The van der Waals surface area contributed by atoms with E-state index in [1.54, 1.807) is 6.07 Å². The fraction of sp³-hybridized carbons (Fsp3) is 0.484. The van der Waals surface area contributed by atoms with Crippen molar-refractivity contribution in [1.29, 1.82) is 0 Å². The van der Waals surface area contributed by atoms with Crippen LogP contribution in [0.4, 0.5) is 17.6 Å². The second-order valence-electron chi connectivity index (χ2n) is 10.4. The smallest absolute Gasteiger partial charge is 0.194 e. The first-order valence-corrected chi connectivity index (χ1v) is 13.3. The van der Waals surface area contributed by atoms with E-state index in [2.05, 4.69) is 13.0 Å². The van der Waals surface area contributed by atoms with Gasteiger partial charge in [0, 0.05) is 5.39 Å². The molecule has 0 saturated heterocycles. The molecule has 188 valence electrons. The van der Waals surface area contributed by atoms with Crippen LogP contribution in [0, 0.1) is 35.1 Å². The Morgan fingerprint density at radius 3 is 2.03 bits per heavy atom. The minimum Gasteiger partial charge on any atom is -0.206 e. The maximum Gasteiger partial charge on any atom is 0.194 e. The second kappa shape index (κ2) is 12.1. The summed E-state index contributed by atoms with van der Waals surface area (Å²) in [5.74, 6) is -2.47. The normalized spacial score (nSPS) is 18.3. The average Bonchev–Trinajstić information content (AvgIpc) is 2.86. The summed E-state index contributed by atoms with van der Waals surface area (Å²) in [4.78, 5) is 0. The molecule has 0 N–H and O–H groups in total. The van der Waals surface area contributed by atoms with Crippen LogP contribution in [-0.4, -0.2) is 0 Å². The zero-order valence-electron chi connectivity index (χ0n) is 20.7. The number of benzene rings is 3. The molecule has 4 heteroatoms. The number of aryl methyl sites for hydroxylation is 3. The fourth-order valence-corrected chi connectivity index (χ4v) is 5.63. The van der Waals surface area contributed by atoms with Gasteiger partial charge in [-0.1, -0.05) is 88.6 Å². The van der Waals surface area contributed by atoms with Gasteiger partial charge in [0.1, 0.15) is 5.82 Å². The van der Waals surface area contributed by atoms with Gasteiger partial charge in [-0.2, -0.15) is 0 Å². The molecule has 3 aromatic carbocycles. The number of rotatable bonds is 10. The van der Waals surface area contributed by atoms with Crippen molar-refractivity contribution in [3.63, 3.8) is 0 Å². The molecule has 0 bridgehead atoms. The van der Waals surface area contributed by atoms with Crippen molar-refractivity contribution in [1.82, 2.24) is 0 Å². The van der Waals surface area contributed by atoms with Crippen LogP contribution in [0.5, 0.6) is 0 Å². The molecule has 4 rings (SSSR count). The fourth-order valence-electron chi connectivity index (χ4n) is 5.63. The Bertz CT molecular complexity index is 1110. The van der Waals surface area contributed by atoms with E-state index in [9.17, 15) is 13.2 Å². The molecular weight excluding hydrogens is 448 g/mol. The lowest BCUT2D eigenvalue weighted by Crippen LogP contribution is -2.15. The van der Waals surface area contributed by atoms with Gasteiger partial charge in [-0.05, 0) is 71.7 Å². The number of hydrogen-bond donors (Lipinski definition) is 0. The van der Waals surface area contributed by atoms with Gasteiger partial charge in [0.15, 0.2) is 17.5 Å². The summed E-state index contributed by atoms with van der Waals surface area (Å²) in [5.41, 5.74) is 2.05. The molecule has 0 aliphatic heterocycles. The molecule has 1 aliphatic carbocycles. The van der Waals surface area contributed by atoms with Crippen molar-refractivity contribution in [3.05, 3.63) is 82.4 Å². The standard InChI is InChI=1S/C31H36F4/c1-2-3-4-5-21-6-8-22(9-7-21)10-11-23-13-17-27-26(18-23)16-15-25(30(27)34)14-12-24-19-28(32)31(35)29(33)20-24/h13,15-22H,2-12,14H2,1H3. The van der Waals surface area contributed by atoms with Gasteiger partial charge in [0.25, 0.3) is 0 Å². The lowest BCUT2D eigenvalue weighted by Gasteiger charge is -2.28. The van der Waals surface area contributed by atoms with Gasteiger partial charge < -0.3 is 0 Å². The van der Waals surface area contributed by atoms with E-state index in [0.717, 1.165) is 35.8 Å². The minimum absolute atomic E-state index is 0.232. The second-order valence-corrected chi connectivity index (χ2v) is 10.4. The quantitative estimate of drug-likeness (QED) is 0.153. The van der Waals surface area contributed by atoms with Crippen molar-refractivity contribution >= 4 is 10.8 Å². The summed E-state index contributed by atoms with van der Waals surface area (Å²) in [7, 11) is 0. The molecule has 3 aromatic rings. The zero-order chi connectivity index (χ0) is 24.8. The molecule has 0 nitrogen and oxygen atoms in total. The molecule has 1 saturated carbocycles. The van der Waals surface area contributed by atoms with E-state index in [-0.39, 0.29) is 18.7 Å². The van der Waals surface area contributed by atoms with Gasteiger partial charge in [-0.25, -0.2) is 17.6 Å². The minimum atomic E-state index is -1.48. The summed E-state index contributed by atoms with van der Waals surface area (Å²) in [6.07, 6.45) is 13.6. The largest absolute Gasteiger partial charge is 0.206 e. The molecule has 0 unspecified atom stereocenters. The summed E-state index contributed by atoms with van der Waals surface area (Å²) < 4.78 is 55.2. The van der Waals surface area contributed by atoms with Crippen LogP contribution in [0.1, 0.15) is 81.4 Å². The molecule has 0 spiro atoms. The number of unbranched alkanes of at least 4 members (excludes halogenated alkanes) is 2. The summed E-state index contributed by atoms with van der Waals surface area (Å²) in [5, 5.41) is 1.44. The van der Waals surface area contributed by atoms with E-state index >= 15 is 4.39 Å². The van der Waals surface area contributed by atoms with Crippen LogP contribution >= 0.6 is 0 Å². The molecule has 0 atom stereocenters. The highest BCUT2D eigenvalue weighted by atomic mass is 19.2. The number of hydrogen-bond acceptors (Lipinski definition) is 0. The first-order valence-electron chi connectivity index (χ1n) is 13.3. The highest BCUT2D eigenvalue weighted by molar-refractivity contribution is 5.84. The van der Waals surface area contributed by atoms with E-state index in [1.807, 2.05) is 18.2 Å². The Kier molecular flexibility index (Phi) is 8.86. The molecule has 0 aromatic heterocycles. The molecule has 0 amide bonds. The molecule has 1 aliphatic rings. The third-order valence-corrected chi connectivity index (χ3v) is 7.85. The lowest BCUT2D eigenvalue weighted by molar-refractivity contribution is 0.249. The van der Waals surface area contributed by atoms with Gasteiger partial charge >= 0.3 is 0 Å². The molecule has 35 heavy (non-hydrogen) atoms. The Hall–Kier alpha value is -2.36. The van der Waals surface area contributed by atoms with Crippen LogP contribution in [0.3, 0.4) is 0 Å². The van der Waals surface area contributed by atoms with E-state index < -0.39 is 17.5 Å². The maximum absolute atomic E-state index is 15.1. The highest BCUT2D eigenvalue weighted by Gasteiger charge is 2.21. The first kappa shape index (κ1) is 25.7.